The maximum Gasteiger partial charge on any atom is 0.211 e. The molecule has 0 spiro atoms. The molecule has 0 aromatic carbocycles. The monoisotopic (exact) mass is 380 g/mol. The van der Waals surface area contributed by atoms with Gasteiger partial charge in [0.1, 0.15) is 0 Å². The average molecular weight is 381 g/mol. The second-order valence-electron chi connectivity index (χ2n) is 11.3. The lowest BCUT2D eigenvalue weighted by atomic mass is 9.78. The third kappa shape index (κ3) is 5.92. The predicted octanol–water partition coefficient (Wildman–Crippen LogP) is 2.48. The number of rotatable bonds is 6. The van der Waals surface area contributed by atoms with Gasteiger partial charge in [-0.3, -0.25) is 9.59 Å². The van der Waals surface area contributed by atoms with Crippen LogP contribution in [-0.4, -0.2) is 63.5 Å². The number of nitrogens with one attached hydrogen (secondary N) is 2. The smallest absolute Gasteiger partial charge is 0.211 e. The van der Waals surface area contributed by atoms with Gasteiger partial charge >= 0.3 is 0 Å². The summed E-state index contributed by atoms with van der Waals surface area (Å²) in [6.07, 6.45) is 5.37. The first-order chi connectivity index (χ1) is 12.2. The van der Waals surface area contributed by atoms with E-state index in [1.54, 1.807) is 0 Å². The molecule has 0 aromatic heterocycles. The van der Waals surface area contributed by atoms with Crippen molar-refractivity contribution < 1.29 is 9.59 Å². The van der Waals surface area contributed by atoms with Crippen molar-refractivity contribution in [2.24, 2.45) is 0 Å². The maximum absolute atomic E-state index is 12.0. The van der Waals surface area contributed by atoms with Crippen LogP contribution in [-0.2, 0) is 9.59 Å². The van der Waals surface area contributed by atoms with E-state index >= 15 is 0 Å². The first-order valence-electron chi connectivity index (χ1n) is 10.2. The quantitative estimate of drug-likeness (QED) is 0.549. The van der Waals surface area contributed by atoms with Crippen LogP contribution in [0.2, 0.25) is 0 Å². The van der Waals surface area contributed by atoms with Crippen LogP contribution in [0.25, 0.3) is 0 Å². The Balaban J connectivity index is 2.15. The highest BCUT2D eigenvalue weighted by Crippen LogP contribution is 2.33. The van der Waals surface area contributed by atoms with Crippen LogP contribution in [0.4, 0.5) is 0 Å². The number of hydrogen-bond donors (Lipinski definition) is 2. The van der Waals surface area contributed by atoms with E-state index in [-0.39, 0.29) is 34.2 Å². The van der Waals surface area contributed by atoms with Gasteiger partial charge in [-0.25, -0.2) is 0 Å². The highest BCUT2D eigenvalue weighted by Gasteiger charge is 2.42. The Bertz CT molecular complexity index is 476. The van der Waals surface area contributed by atoms with Gasteiger partial charge in [-0.2, -0.15) is 0 Å². The van der Waals surface area contributed by atoms with Crippen molar-refractivity contribution >= 4 is 12.8 Å². The first-order valence-corrected chi connectivity index (χ1v) is 10.2. The molecule has 156 valence electrons. The van der Waals surface area contributed by atoms with Gasteiger partial charge in [-0.15, -0.1) is 0 Å². The molecule has 2 rings (SSSR count). The molecular weight excluding hydrogens is 340 g/mol. The molecule has 6 nitrogen and oxygen atoms in total. The second kappa shape index (κ2) is 7.36. The summed E-state index contributed by atoms with van der Waals surface area (Å²) in [7, 11) is 0. The molecule has 2 heterocycles. The highest BCUT2D eigenvalue weighted by atomic mass is 16.1. The van der Waals surface area contributed by atoms with Crippen LogP contribution < -0.4 is 10.6 Å². The minimum atomic E-state index is -0.0432. The summed E-state index contributed by atoms with van der Waals surface area (Å²) in [6.45, 7) is 17.8. The van der Waals surface area contributed by atoms with Gasteiger partial charge < -0.3 is 20.4 Å². The molecule has 2 aliphatic rings. The summed E-state index contributed by atoms with van der Waals surface area (Å²) in [6, 6.07) is 0.248. The lowest BCUT2D eigenvalue weighted by Gasteiger charge is -2.51. The maximum atomic E-state index is 12.0. The Hall–Kier alpha value is -1.14. The Morgan fingerprint density at radius 2 is 0.926 bits per heavy atom. The van der Waals surface area contributed by atoms with Gasteiger partial charge in [-0.05, 0) is 81.1 Å². The van der Waals surface area contributed by atoms with E-state index in [4.69, 9.17) is 0 Å². The Kier molecular flexibility index (Phi) is 6.04. The molecule has 0 bridgehead atoms. The van der Waals surface area contributed by atoms with Gasteiger partial charge in [0.25, 0.3) is 0 Å². The topological polar surface area (TPSA) is 64.7 Å². The normalized spacial score (nSPS) is 27.0. The molecule has 2 fully saturated rings. The molecule has 0 aliphatic carbocycles. The largest absolute Gasteiger partial charge is 0.324 e. The molecule has 0 atom stereocenters. The highest BCUT2D eigenvalue weighted by molar-refractivity contribution is 5.52. The number of hydrogen-bond acceptors (Lipinski definition) is 4. The van der Waals surface area contributed by atoms with Gasteiger partial charge in [-0.1, -0.05) is 0 Å². The summed E-state index contributed by atoms with van der Waals surface area (Å²) in [4.78, 5) is 27.6. The van der Waals surface area contributed by atoms with Crippen LogP contribution >= 0.6 is 0 Å². The zero-order chi connectivity index (χ0) is 20.7. The van der Waals surface area contributed by atoms with E-state index in [1.807, 2.05) is 9.80 Å². The summed E-state index contributed by atoms with van der Waals surface area (Å²) in [5, 5.41) is 7.32. The Morgan fingerprint density at radius 1 is 0.667 bits per heavy atom. The lowest BCUT2D eigenvalue weighted by molar-refractivity contribution is -0.132. The Morgan fingerprint density at radius 3 is 1.15 bits per heavy atom. The summed E-state index contributed by atoms with van der Waals surface area (Å²) >= 11 is 0. The van der Waals surface area contributed by atoms with Gasteiger partial charge in [0.05, 0.1) is 6.67 Å². The molecule has 27 heavy (non-hydrogen) atoms. The van der Waals surface area contributed by atoms with Crippen molar-refractivity contribution in [3.63, 3.8) is 0 Å². The van der Waals surface area contributed by atoms with Crippen LogP contribution in [0.3, 0.4) is 0 Å². The van der Waals surface area contributed by atoms with Crippen molar-refractivity contribution in [2.45, 2.75) is 115 Å². The van der Waals surface area contributed by atoms with Crippen molar-refractivity contribution in [1.29, 1.82) is 0 Å². The number of carbonyl (C=O) groups excluding carboxylic acids is 2. The van der Waals surface area contributed by atoms with Crippen LogP contribution in [0.1, 0.15) is 81.1 Å². The summed E-state index contributed by atoms with van der Waals surface area (Å²) in [5.41, 5.74) is -0.173. The zero-order valence-electron chi connectivity index (χ0n) is 18.6. The molecule has 2 saturated heterocycles. The van der Waals surface area contributed by atoms with E-state index in [9.17, 15) is 9.59 Å². The predicted molar refractivity (Wildman–Crippen MR) is 109 cm³/mol. The molecule has 0 unspecified atom stereocenters. The van der Waals surface area contributed by atoms with Crippen LogP contribution in [0, 0.1) is 0 Å². The molecule has 2 amide bonds. The molecule has 6 heteroatoms. The standard InChI is InChI=1S/C21H40N4O2/c1-18(2)9-16(10-19(3,4)22-18)24(14-26)13-25(15-27)17-11-20(5,6)23-21(7,8)12-17/h14-17,22-23H,9-13H2,1-8H3. The van der Waals surface area contributed by atoms with E-state index in [2.05, 4.69) is 66.0 Å². The number of carbonyl (C=O) groups is 2. The van der Waals surface area contributed by atoms with Crippen molar-refractivity contribution in [2.75, 3.05) is 6.67 Å². The molecule has 2 N–H and O–H groups in total. The van der Waals surface area contributed by atoms with Gasteiger partial charge in [0.2, 0.25) is 12.8 Å². The number of nitrogens with zero attached hydrogens (tertiary/aromatic N) is 2. The average Bonchev–Trinajstić information content (AvgIpc) is 2.41. The molecule has 0 saturated carbocycles. The summed E-state index contributed by atoms with van der Waals surface area (Å²) in [5.74, 6) is 0. The third-order valence-corrected chi connectivity index (χ3v) is 5.87. The molecular formula is C21H40N4O2. The SMILES string of the molecule is CC1(C)CC(N(C=O)CN(C=O)C2CC(C)(C)NC(C)(C)C2)CC(C)(C)N1. The van der Waals surface area contributed by atoms with E-state index in [1.165, 1.54) is 0 Å². The number of amides is 2. The molecule has 0 radical (unpaired) electrons. The van der Waals surface area contributed by atoms with E-state index in [0.717, 1.165) is 38.5 Å². The second-order valence-corrected chi connectivity index (χ2v) is 11.3. The Labute approximate surface area is 165 Å². The fourth-order valence-electron chi connectivity index (χ4n) is 5.66. The van der Waals surface area contributed by atoms with Crippen molar-refractivity contribution in [3.05, 3.63) is 0 Å². The van der Waals surface area contributed by atoms with E-state index < -0.39 is 0 Å². The minimum Gasteiger partial charge on any atom is -0.324 e. The van der Waals surface area contributed by atoms with Gasteiger partial charge in [0.15, 0.2) is 0 Å². The van der Waals surface area contributed by atoms with Crippen molar-refractivity contribution in [1.82, 2.24) is 20.4 Å². The third-order valence-electron chi connectivity index (χ3n) is 5.87. The molecule has 0 aromatic rings. The first kappa shape index (κ1) is 22.2. The molecule has 2 aliphatic heterocycles. The lowest BCUT2D eigenvalue weighted by Crippen LogP contribution is -2.64. The zero-order valence-corrected chi connectivity index (χ0v) is 18.6. The fourth-order valence-corrected chi connectivity index (χ4v) is 5.66. The fraction of sp³-hybridized carbons (Fsp3) is 0.905. The summed E-state index contributed by atoms with van der Waals surface area (Å²) < 4.78 is 0. The van der Waals surface area contributed by atoms with Crippen molar-refractivity contribution in [3.8, 4) is 0 Å². The number of piperidine rings is 2. The van der Waals surface area contributed by atoms with Gasteiger partial charge in [0, 0.05) is 34.2 Å². The van der Waals surface area contributed by atoms with Crippen LogP contribution in [0.15, 0.2) is 0 Å². The van der Waals surface area contributed by atoms with E-state index in [0.29, 0.717) is 6.67 Å². The van der Waals surface area contributed by atoms with Crippen LogP contribution in [0.5, 0.6) is 0 Å². The minimum absolute atomic E-state index is 0.0432.